The Morgan fingerprint density at radius 2 is 1.90 bits per heavy atom. The van der Waals surface area contributed by atoms with Gasteiger partial charge in [0, 0.05) is 0 Å². The van der Waals surface area contributed by atoms with Crippen molar-refractivity contribution in [3.63, 3.8) is 0 Å². The van der Waals surface area contributed by atoms with Crippen LogP contribution in [0.1, 0.15) is 0 Å². The molecule has 0 aliphatic heterocycles. The topological polar surface area (TPSA) is 0 Å². The summed E-state index contributed by atoms with van der Waals surface area (Å²) in [5.41, 5.74) is 0. The highest BCUT2D eigenvalue weighted by atomic mass is 28.3. The van der Waals surface area contributed by atoms with Gasteiger partial charge in [-0.1, -0.05) is 43.0 Å². The molecule has 0 saturated heterocycles. The van der Waals surface area contributed by atoms with Crippen LogP contribution in [-0.2, 0) is 0 Å². The zero-order valence-electron chi connectivity index (χ0n) is 6.73. The van der Waals surface area contributed by atoms with E-state index in [0.29, 0.717) is 0 Å². The van der Waals surface area contributed by atoms with Crippen LogP contribution in [0.5, 0.6) is 0 Å². The van der Waals surface area contributed by atoms with E-state index in [1.807, 2.05) is 12.1 Å². The number of rotatable bonds is 1. The van der Waals surface area contributed by atoms with Gasteiger partial charge >= 0.3 is 0 Å². The third-order valence-electron chi connectivity index (χ3n) is 1.52. The fraction of sp³-hybridized carbons (Fsp3) is 0.333. The Hall–Kier alpha value is -0.563. The van der Waals surface area contributed by atoms with Gasteiger partial charge in [0.25, 0.3) is 0 Å². The Morgan fingerprint density at radius 1 is 1.20 bits per heavy atom. The minimum Gasteiger partial charge on any atom is -0.0656 e. The molecule has 0 heterocycles. The molecule has 0 N–H and O–H groups in total. The number of hydrogen-bond acceptors (Lipinski definition) is 0. The quantitative estimate of drug-likeness (QED) is 0.533. The maximum absolute atomic E-state index is 2.98. The van der Waals surface area contributed by atoms with Gasteiger partial charge in [0.2, 0.25) is 0 Å². The summed E-state index contributed by atoms with van der Waals surface area (Å²) in [5.74, 6) is 0. The van der Waals surface area contributed by atoms with Crippen molar-refractivity contribution in [2.75, 3.05) is 0 Å². The van der Waals surface area contributed by atoms with Crippen LogP contribution in [0.2, 0.25) is 19.6 Å². The molecule has 2 radical (unpaired) electrons. The second-order valence-corrected chi connectivity index (χ2v) is 8.55. The number of hydrogen-bond donors (Lipinski definition) is 0. The largest absolute Gasteiger partial charge is 0.0776 e. The summed E-state index contributed by atoms with van der Waals surface area (Å²) in [4.78, 5) is 0. The molecule has 1 aromatic rings. The first-order chi connectivity index (χ1) is 4.61. The summed E-state index contributed by atoms with van der Waals surface area (Å²) in [6.07, 6.45) is 0. The van der Waals surface area contributed by atoms with Crippen molar-refractivity contribution < 1.29 is 0 Å². The molecular formula is C9H12Si. The monoisotopic (exact) mass is 148 g/mol. The third kappa shape index (κ3) is 1.71. The van der Waals surface area contributed by atoms with Gasteiger partial charge in [-0.25, -0.2) is 0 Å². The van der Waals surface area contributed by atoms with Gasteiger partial charge in [0.15, 0.2) is 0 Å². The van der Waals surface area contributed by atoms with E-state index in [9.17, 15) is 0 Å². The summed E-state index contributed by atoms with van der Waals surface area (Å²) in [6.45, 7) is 6.99. The highest BCUT2D eigenvalue weighted by Crippen LogP contribution is 1.99. The predicted molar refractivity (Wildman–Crippen MR) is 47.1 cm³/mol. The first-order valence-electron chi connectivity index (χ1n) is 3.49. The third-order valence-corrected chi connectivity index (χ3v) is 3.57. The first kappa shape index (κ1) is 7.54. The molecule has 0 amide bonds. The lowest BCUT2D eigenvalue weighted by molar-refractivity contribution is 1.66. The van der Waals surface area contributed by atoms with Gasteiger partial charge in [-0.15, -0.1) is 0 Å². The molecule has 0 aliphatic rings. The minimum absolute atomic E-state index is 1.08. The second kappa shape index (κ2) is 2.58. The molecule has 10 heavy (non-hydrogen) atoms. The summed E-state index contributed by atoms with van der Waals surface area (Å²) in [6, 6.07) is 12.0. The lowest BCUT2D eigenvalue weighted by Gasteiger charge is -2.15. The first-order valence-corrected chi connectivity index (χ1v) is 6.99. The van der Waals surface area contributed by atoms with E-state index >= 15 is 0 Å². The Balaban J connectivity index is 2.97. The average Bonchev–Trinajstić information content (AvgIpc) is 1.88. The summed E-state index contributed by atoms with van der Waals surface area (Å²) < 4.78 is 0. The van der Waals surface area contributed by atoms with E-state index in [1.165, 1.54) is 5.19 Å². The average molecular weight is 148 g/mol. The molecule has 0 unspecified atom stereocenters. The van der Waals surface area contributed by atoms with Gasteiger partial charge < -0.3 is 0 Å². The van der Waals surface area contributed by atoms with Crippen LogP contribution in [0.3, 0.4) is 0 Å². The SMILES string of the molecule is C[Si](C)(C)c1c[c][c]cc1. The Labute approximate surface area is 63.9 Å². The van der Waals surface area contributed by atoms with Gasteiger partial charge in [-0.3, -0.25) is 0 Å². The van der Waals surface area contributed by atoms with Crippen LogP contribution >= 0.6 is 0 Å². The molecule has 0 atom stereocenters. The Morgan fingerprint density at radius 3 is 2.20 bits per heavy atom. The zero-order chi connectivity index (χ0) is 7.61. The molecule has 0 aliphatic carbocycles. The maximum Gasteiger partial charge on any atom is 0.0776 e. The highest BCUT2D eigenvalue weighted by molar-refractivity contribution is 6.88. The van der Waals surface area contributed by atoms with E-state index in [2.05, 4.69) is 37.8 Å². The van der Waals surface area contributed by atoms with E-state index in [0.717, 1.165) is 0 Å². The highest BCUT2D eigenvalue weighted by Gasteiger charge is 2.14. The van der Waals surface area contributed by atoms with Crippen LogP contribution in [-0.4, -0.2) is 8.07 Å². The lowest BCUT2D eigenvalue weighted by atomic mass is 10.4. The van der Waals surface area contributed by atoms with Crippen molar-refractivity contribution >= 4 is 13.3 Å². The number of benzene rings is 1. The maximum atomic E-state index is 2.98. The van der Waals surface area contributed by atoms with E-state index in [4.69, 9.17) is 0 Å². The summed E-state index contributed by atoms with van der Waals surface area (Å²) >= 11 is 0. The summed E-state index contributed by atoms with van der Waals surface area (Å²) in [7, 11) is -1.08. The van der Waals surface area contributed by atoms with Crippen LogP contribution < -0.4 is 5.19 Å². The fourth-order valence-corrected chi connectivity index (χ4v) is 1.90. The molecule has 0 bridgehead atoms. The van der Waals surface area contributed by atoms with Gasteiger partial charge in [-0.05, 0) is 12.1 Å². The molecule has 0 aromatic heterocycles. The predicted octanol–water partition coefficient (Wildman–Crippen LogP) is 1.83. The van der Waals surface area contributed by atoms with Crippen molar-refractivity contribution in [2.45, 2.75) is 19.6 Å². The normalized spacial score (nSPS) is 11.5. The molecule has 0 nitrogen and oxygen atoms in total. The second-order valence-electron chi connectivity index (χ2n) is 3.47. The van der Waals surface area contributed by atoms with Crippen molar-refractivity contribution in [3.8, 4) is 0 Å². The molecule has 1 heteroatoms. The molecule has 0 fully saturated rings. The van der Waals surface area contributed by atoms with Crippen molar-refractivity contribution in [1.82, 2.24) is 0 Å². The zero-order valence-corrected chi connectivity index (χ0v) is 7.73. The van der Waals surface area contributed by atoms with Crippen molar-refractivity contribution in [1.29, 1.82) is 0 Å². The Bertz CT molecular complexity index is 196. The van der Waals surface area contributed by atoms with Crippen molar-refractivity contribution in [2.24, 2.45) is 0 Å². The van der Waals surface area contributed by atoms with Gasteiger partial charge in [0.1, 0.15) is 0 Å². The molecule has 0 saturated carbocycles. The standard InChI is InChI=1S/C9H12Si/c1-10(2,3)9-7-5-4-6-8-9/h5,7-8H,1-3H3. The van der Waals surface area contributed by atoms with Crippen LogP contribution in [0, 0.1) is 12.1 Å². The van der Waals surface area contributed by atoms with Crippen LogP contribution in [0.15, 0.2) is 18.2 Å². The smallest absolute Gasteiger partial charge is 0.0656 e. The fourth-order valence-electron chi connectivity index (χ4n) is 0.814. The van der Waals surface area contributed by atoms with Crippen LogP contribution in [0.25, 0.3) is 0 Å². The molecule has 52 valence electrons. The van der Waals surface area contributed by atoms with E-state index < -0.39 is 8.07 Å². The van der Waals surface area contributed by atoms with Crippen LogP contribution in [0.4, 0.5) is 0 Å². The van der Waals surface area contributed by atoms with Gasteiger partial charge in [-0.2, -0.15) is 0 Å². The summed E-state index contributed by atoms with van der Waals surface area (Å²) in [5, 5.41) is 1.45. The van der Waals surface area contributed by atoms with E-state index in [-0.39, 0.29) is 0 Å². The lowest BCUT2D eigenvalue weighted by Crippen LogP contribution is -2.37. The minimum atomic E-state index is -1.08. The molecule has 1 rings (SSSR count). The van der Waals surface area contributed by atoms with E-state index in [1.54, 1.807) is 0 Å². The van der Waals surface area contributed by atoms with Gasteiger partial charge in [0.05, 0.1) is 8.07 Å². The van der Waals surface area contributed by atoms with Crippen molar-refractivity contribution in [3.05, 3.63) is 30.3 Å². The Kier molecular flexibility index (Phi) is 1.95. The molecule has 1 aromatic carbocycles. The molecule has 0 spiro atoms. The molecular weight excluding hydrogens is 136 g/mol.